The van der Waals surface area contributed by atoms with Gasteiger partial charge in [-0.25, -0.2) is 8.78 Å². The zero-order chi connectivity index (χ0) is 24.4. The van der Waals surface area contributed by atoms with Crippen molar-refractivity contribution < 1.29 is 28.2 Å². The van der Waals surface area contributed by atoms with Crippen molar-refractivity contribution in [2.75, 3.05) is 26.3 Å². The normalized spacial score (nSPS) is 27.5. The van der Waals surface area contributed by atoms with E-state index in [2.05, 4.69) is 12.1 Å². The molecule has 2 saturated heterocycles. The fraction of sp³-hybridized carbons (Fsp3) is 0.519. The third-order valence-corrected chi connectivity index (χ3v) is 7.35. The first kappa shape index (κ1) is 24.3. The number of ether oxygens (including phenoxy) is 2. The average molecular weight is 487 g/mol. The Balaban J connectivity index is 1.24. The van der Waals surface area contributed by atoms with Crippen molar-refractivity contribution in [2.45, 2.75) is 63.1 Å². The van der Waals surface area contributed by atoms with Gasteiger partial charge in [0.2, 0.25) is 5.91 Å². The summed E-state index contributed by atoms with van der Waals surface area (Å²) in [6.45, 7) is 2.21. The van der Waals surface area contributed by atoms with Crippen molar-refractivity contribution in [1.29, 1.82) is 0 Å². The van der Waals surface area contributed by atoms with Crippen molar-refractivity contribution in [2.24, 2.45) is 0 Å². The number of hydrogen-bond donors (Lipinski definition) is 1. The van der Waals surface area contributed by atoms with Crippen LogP contribution in [-0.2, 0) is 33.8 Å². The molecule has 2 aromatic carbocycles. The SMILES string of the molecule is O=C(C[C@H]1CC[C@@H]2[C@H](COC[C@@H](O)CN2Cc2cc(F)ccc2F)O1)N1CCc2ccccc2C1. The summed E-state index contributed by atoms with van der Waals surface area (Å²) >= 11 is 0. The maximum atomic E-state index is 14.3. The van der Waals surface area contributed by atoms with Crippen molar-refractivity contribution in [3.63, 3.8) is 0 Å². The number of benzene rings is 2. The first-order chi connectivity index (χ1) is 17.0. The van der Waals surface area contributed by atoms with E-state index in [1.807, 2.05) is 21.9 Å². The zero-order valence-corrected chi connectivity index (χ0v) is 19.7. The average Bonchev–Trinajstić information content (AvgIpc) is 2.85. The summed E-state index contributed by atoms with van der Waals surface area (Å²) in [5, 5.41) is 10.3. The summed E-state index contributed by atoms with van der Waals surface area (Å²) in [5.41, 5.74) is 2.75. The van der Waals surface area contributed by atoms with Gasteiger partial charge in [0.1, 0.15) is 11.6 Å². The summed E-state index contributed by atoms with van der Waals surface area (Å²) in [5.74, 6) is -0.879. The molecule has 1 N–H and O–H groups in total. The number of aliphatic hydroxyl groups is 1. The molecule has 188 valence electrons. The van der Waals surface area contributed by atoms with Crippen molar-refractivity contribution in [3.8, 4) is 0 Å². The number of hydrogen-bond acceptors (Lipinski definition) is 5. The molecule has 4 atom stereocenters. The molecule has 0 aliphatic carbocycles. The summed E-state index contributed by atoms with van der Waals surface area (Å²) in [4.78, 5) is 16.9. The van der Waals surface area contributed by atoms with E-state index in [1.165, 1.54) is 17.2 Å². The van der Waals surface area contributed by atoms with E-state index < -0.39 is 17.7 Å². The predicted octanol–water partition coefficient (Wildman–Crippen LogP) is 3.05. The van der Waals surface area contributed by atoms with Crippen LogP contribution in [0.3, 0.4) is 0 Å². The summed E-state index contributed by atoms with van der Waals surface area (Å²) < 4.78 is 40.1. The number of halogens is 2. The third-order valence-electron chi connectivity index (χ3n) is 7.35. The van der Waals surface area contributed by atoms with Crippen LogP contribution < -0.4 is 0 Å². The van der Waals surface area contributed by atoms with E-state index in [0.29, 0.717) is 25.9 Å². The monoisotopic (exact) mass is 486 g/mol. The second kappa shape index (κ2) is 10.7. The number of carbonyl (C=O) groups excluding carboxylic acids is 1. The Hall–Kier alpha value is -2.39. The molecule has 3 aliphatic heterocycles. The smallest absolute Gasteiger partial charge is 0.225 e. The molecular weight excluding hydrogens is 454 g/mol. The van der Waals surface area contributed by atoms with Gasteiger partial charge in [-0.1, -0.05) is 24.3 Å². The third kappa shape index (κ3) is 5.72. The molecule has 0 radical (unpaired) electrons. The molecule has 0 aromatic heterocycles. The Labute approximate surface area is 204 Å². The molecule has 35 heavy (non-hydrogen) atoms. The van der Waals surface area contributed by atoms with E-state index in [9.17, 15) is 18.7 Å². The number of β-amino-alcohol motifs (C(OH)–C–C–N with tert-alkyl or cyclic N) is 1. The highest BCUT2D eigenvalue weighted by Crippen LogP contribution is 2.30. The molecule has 2 fully saturated rings. The number of fused-ring (bicyclic) bond motifs is 2. The highest BCUT2D eigenvalue weighted by Gasteiger charge is 2.38. The van der Waals surface area contributed by atoms with Gasteiger partial charge in [-0.05, 0) is 48.6 Å². The summed E-state index contributed by atoms with van der Waals surface area (Å²) in [7, 11) is 0. The van der Waals surface area contributed by atoms with Gasteiger partial charge in [0.05, 0.1) is 37.9 Å². The maximum absolute atomic E-state index is 14.3. The van der Waals surface area contributed by atoms with Gasteiger partial charge < -0.3 is 19.5 Å². The molecular formula is C27H32F2N2O4. The van der Waals surface area contributed by atoms with Gasteiger partial charge >= 0.3 is 0 Å². The van der Waals surface area contributed by atoms with Crippen molar-refractivity contribution in [3.05, 3.63) is 70.8 Å². The molecule has 2 aromatic rings. The van der Waals surface area contributed by atoms with Gasteiger partial charge in [0.15, 0.2) is 0 Å². The van der Waals surface area contributed by atoms with Gasteiger partial charge in [-0.15, -0.1) is 0 Å². The zero-order valence-electron chi connectivity index (χ0n) is 19.7. The van der Waals surface area contributed by atoms with Gasteiger partial charge in [0, 0.05) is 37.8 Å². The lowest BCUT2D eigenvalue weighted by Crippen LogP contribution is -2.55. The van der Waals surface area contributed by atoms with Crippen molar-refractivity contribution >= 4 is 5.91 Å². The number of nitrogens with zero attached hydrogens (tertiary/aromatic N) is 2. The lowest BCUT2D eigenvalue weighted by Gasteiger charge is -2.44. The van der Waals surface area contributed by atoms with E-state index in [-0.39, 0.29) is 56.0 Å². The Morgan fingerprint density at radius 3 is 2.77 bits per heavy atom. The molecule has 5 rings (SSSR count). The quantitative estimate of drug-likeness (QED) is 0.720. The minimum absolute atomic E-state index is 0.0869. The van der Waals surface area contributed by atoms with Crippen LogP contribution in [0.25, 0.3) is 0 Å². The van der Waals surface area contributed by atoms with Crippen LogP contribution >= 0.6 is 0 Å². The number of amides is 1. The molecule has 8 heteroatoms. The fourth-order valence-corrected chi connectivity index (χ4v) is 5.54. The lowest BCUT2D eigenvalue weighted by atomic mass is 9.93. The molecule has 0 saturated carbocycles. The predicted molar refractivity (Wildman–Crippen MR) is 125 cm³/mol. The molecule has 6 nitrogen and oxygen atoms in total. The first-order valence-corrected chi connectivity index (χ1v) is 12.4. The van der Waals surface area contributed by atoms with Gasteiger partial charge in [0.25, 0.3) is 0 Å². The Kier molecular flexibility index (Phi) is 7.43. The maximum Gasteiger partial charge on any atom is 0.225 e. The Bertz CT molecular complexity index is 1050. The van der Waals surface area contributed by atoms with Crippen LogP contribution in [-0.4, -0.2) is 71.5 Å². The van der Waals surface area contributed by atoms with E-state index >= 15 is 0 Å². The minimum atomic E-state index is -0.728. The van der Waals surface area contributed by atoms with Crippen LogP contribution in [0, 0.1) is 11.6 Å². The highest BCUT2D eigenvalue weighted by atomic mass is 19.1. The van der Waals surface area contributed by atoms with Crippen LogP contribution in [0.1, 0.15) is 36.0 Å². The van der Waals surface area contributed by atoms with Crippen molar-refractivity contribution in [1.82, 2.24) is 9.80 Å². The van der Waals surface area contributed by atoms with Crippen LogP contribution in [0.4, 0.5) is 8.78 Å². The van der Waals surface area contributed by atoms with Crippen LogP contribution in [0.2, 0.25) is 0 Å². The first-order valence-electron chi connectivity index (χ1n) is 12.4. The lowest BCUT2D eigenvalue weighted by molar-refractivity contribution is -0.161. The molecule has 0 bridgehead atoms. The largest absolute Gasteiger partial charge is 0.389 e. The Morgan fingerprint density at radius 2 is 1.91 bits per heavy atom. The molecule has 0 unspecified atom stereocenters. The summed E-state index contributed by atoms with van der Waals surface area (Å²) in [6, 6.07) is 11.5. The number of aliphatic hydroxyl groups excluding tert-OH is 1. The molecule has 1 amide bonds. The molecule has 0 spiro atoms. The fourth-order valence-electron chi connectivity index (χ4n) is 5.54. The number of rotatable bonds is 4. The van der Waals surface area contributed by atoms with E-state index in [4.69, 9.17) is 9.47 Å². The number of carbonyl (C=O) groups is 1. The standard InChI is InChI=1S/C27H32F2N2O4/c28-21-5-7-24(29)20(11-21)14-31-15-22(32)16-34-17-26-25(31)8-6-23(35-26)12-27(33)30-10-9-18-3-1-2-4-19(18)13-30/h1-5,7,11,22-23,25-26,32H,6,8-10,12-17H2/t22-,23+,25+,26-/m0/s1. The van der Waals surface area contributed by atoms with E-state index in [1.54, 1.807) is 0 Å². The second-order valence-electron chi connectivity index (χ2n) is 9.84. The van der Waals surface area contributed by atoms with Crippen LogP contribution in [0.5, 0.6) is 0 Å². The highest BCUT2D eigenvalue weighted by molar-refractivity contribution is 5.77. The molecule has 3 heterocycles. The second-order valence-corrected chi connectivity index (χ2v) is 9.84. The van der Waals surface area contributed by atoms with E-state index in [0.717, 1.165) is 25.0 Å². The van der Waals surface area contributed by atoms with Gasteiger partial charge in [-0.2, -0.15) is 0 Å². The van der Waals surface area contributed by atoms with Gasteiger partial charge in [-0.3, -0.25) is 9.69 Å². The Morgan fingerprint density at radius 1 is 1.09 bits per heavy atom. The molecule has 3 aliphatic rings. The summed E-state index contributed by atoms with van der Waals surface area (Å²) in [6.07, 6.45) is 1.31. The minimum Gasteiger partial charge on any atom is -0.389 e. The topological polar surface area (TPSA) is 62.2 Å². The van der Waals surface area contributed by atoms with Crippen LogP contribution in [0.15, 0.2) is 42.5 Å².